The van der Waals surface area contributed by atoms with Gasteiger partial charge in [0.25, 0.3) is 0 Å². The highest BCUT2D eigenvalue weighted by atomic mass is 32.1. The van der Waals surface area contributed by atoms with E-state index in [0.29, 0.717) is 35.2 Å². The molecular weight excluding hydrogens is 340 g/mol. The second kappa shape index (κ2) is 8.71. The summed E-state index contributed by atoms with van der Waals surface area (Å²) >= 11 is 5.34. The monoisotopic (exact) mass is 364 g/mol. The van der Waals surface area contributed by atoms with Crippen LogP contribution in [0.1, 0.15) is 38.3 Å². The average Bonchev–Trinajstić information content (AvgIpc) is 2.61. The molecule has 1 heterocycles. The maximum Gasteiger partial charge on any atom is 0.338 e. The summed E-state index contributed by atoms with van der Waals surface area (Å²) in [4.78, 5) is 12.7. The molecule has 0 amide bonds. The van der Waals surface area contributed by atoms with Crippen molar-refractivity contribution in [3.05, 3.63) is 35.0 Å². The lowest BCUT2D eigenvalue weighted by molar-refractivity contribution is -0.139. The first kappa shape index (κ1) is 19.1. The van der Waals surface area contributed by atoms with E-state index in [9.17, 15) is 4.79 Å². The highest BCUT2D eigenvalue weighted by Crippen LogP contribution is 2.36. The number of thiocarbonyl (C=S) groups is 1. The van der Waals surface area contributed by atoms with E-state index in [1.54, 1.807) is 21.1 Å². The largest absolute Gasteiger partial charge is 0.497 e. The highest BCUT2D eigenvalue weighted by molar-refractivity contribution is 7.80. The highest BCUT2D eigenvalue weighted by Gasteiger charge is 2.34. The molecule has 0 saturated carbocycles. The van der Waals surface area contributed by atoms with Crippen molar-refractivity contribution in [3.8, 4) is 11.5 Å². The van der Waals surface area contributed by atoms with Crippen LogP contribution in [-0.2, 0) is 9.53 Å². The summed E-state index contributed by atoms with van der Waals surface area (Å²) in [5.41, 5.74) is 2.06. The number of rotatable bonds is 7. The van der Waals surface area contributed by atoms with Crippen LogP contribution in [0, 0.1) is 0 Å². The van der Waals surface area contributed by atoms with Crippen LogP contribution in [-0.4, -0.2) is 31.9 Å². The van der Waals surface area contributed by atoms with Gasteiger partial charge in [-0.1, -0.05) is 13.3 Å². The number of benzene rings is 1. The Balaban J connectivity index is 2.60. The van der Waals surface area contributed by atoms with E-state index in [4.69, 9.17) is 26.4 Å². The number of ether oxygens (including phenoxy) is 3. The van der Waals surface area contributed by atoms with E-state index in [1.807, 2.05) is 25.1 Å². The first-order valence-electron chi connectivity index (χ1n) is 8.25. The Morgan fingerprint density at radius 3 is 2.60 bits per heavy atom. The van der Waals surface area contributed by atoms with Crippen molar-refractivity contribution in [2.45, 2.75) is 32.7 Å². The second-order valence-corrected chi connectivity index (χ2v) is 5.91. The molecule has 2 N–H and O–H groups in total. The van der Waals surface area contributed by atoms with Gasteiger partial charge < -0.3 is 24.8 Å². The lowest BCUT2D eigenvalue weighted by atomic mass is 9.93. The standard InChI is InChI=1S/C18H24N2O4S/c1-5-7-13-15(17(21)24-6-2)16(20-18(25)19-13)12-10-11(22-3)8-9-14(12)23-4/h8-10,16H,5-7H2,1-4H3,(H2,19,20,25)/t16-/m1/s1. The molecule has 2 rings (SSSR count). The molecule has 1 aliphatic rings. The first-order valence-corrected chi connectivity index (χ1v) is 8.66. The van der Waals surface area contributed by atoms with E-state index >= 15 is 0 Å². The van der Waals surface area contributed by atoms with Crippen LogP contribution >= 0.6 is 12.2 Å². The topological polar surface area (TPSA) is 68.8 Å². The third kappa shape index (κ3) is 4.22. The van der Waals surface area contributed by atoms with E-state index in [0.717, 1.165) is 17.7 Å². The predicted molar refractivity (Wildman–Crippen MR) is 99.7 cm³/mol. The molecule has 0 radical (unpaired) electrons. The molecule has 6 nitrogen and oxygen atoms in total. The van der Waals surface area contributed by atoms with Gasteiger partial charge in [0.15, 0.2) is 5.11 Å². The molecule has 7 heteroatoms. The zero-order chi connectivity index (χ0) is 18.4. The molecule has 1 aromatic carbocycles. The molecule has 0 bridgehead atoms. The predicted octanol–water partition coefficient (Wildman–Crippen LogP) is 2.84. The van der Waals surface area contributed by atoms with Gasteiger partial charge in [0.05, 0.1) is 32.4 Å². The van der Waals surface area contributed by atoms with Gasteiger partial charge in [-0.3, -0.25) is 0 Å². The summed E-state index contributed by atoms with van der Waals surface area (Å²) in [5.74, 6) is 0.936. The van der Waals surface area contributed by atoms with Crippen molar-refractivity contribution in [2.75, 3.05) is 20.8 Å². The van der Waals surface area contributed by atoms with Crippen molar-refractivity contribution in [3.63, 3.8) is 0 Å². The lowest BCUT2D eigenvalue weighted by Gasteiger charge is -2.31. The van der Waals surface area contributed by atoms with Gasteiger partial charge in [0.1, 0.15) is 11.5 Å². The van der Waals surface area contributed by atoms with E-state index in [2.05, 4.69) is 10.6 Å². The Morgan fingerprint density at radius 1 is 1.24 bits per heavy atom. The zero-order valence-electron chi connectivity index (χ0n) is 15.0. The molecule has 0 unspecified atom stereocenters. The maximum atomic E-state index is 12.7. The molecule has 136 valence electrons. The van der Waals surface area contributed by atoms with Gasteiger partial charge >= 0.3 is 5.97 Å². The van der Waals surface area contributed by atoms with E-state index in [1.165, 1.54) is 0 Å². The molecule has 1 aromatic rings. The zero-order valence-corrected chi connectivity index (χ0v) is 15.8. The van der Waals surface area contributed by atoms with Gasteiger partial charge in [0, 0.05) is 11.3 Å². The van der Waals surface area contributed by atoms with E-state index < -0.39 is 6.04 Å². The summed E-state index contributed by atoms with van der Waals surface area (Å²) in [6.45, 7) is 4.13. The van der Waals surface area contributed by atoms with Crippen LogP contribution in [0.2, 0.25) is 0 Å². The Bertz CT molecular complexity index is 688. The maximum absolute atomic E-state index is 12.7. The molecular formula is C18H24N2O4S. The van der Waals surface area contributed by atoms with Crippen molar-refractivity contribution in [2.24, 2.45) is 0 Å². The summed E-state index contributed by atoms with van der Waals surface area (Å²) in [7, 11) is 3.18. The fourth-order valence-electron chi connectivity index (χ4n) is 2.81. The van der Waals surface area contributed by atoms with Crippen molar-refractivity contribution < 1.29 is 19.0 Å². The molecule has 0 fully saturated rings. The number of carbonyl (C=O) groups is 1. The van der Waals surface area contributed by atoms with Crippen LogP contribution in [0.25, 0.3) is 0 Å². The Labute approximate surface area is 153 Å². The van der Waals surface area contributed by atoms with E-state index in [-0.39, 0.29) is 5.97 Å². The number of hydrogen-bond acceptors (Lipinski definition) is 5. The molecule has 0 spiro atoms. The lowest BCUT2D eigenvalue weighted by Crippen LogP contribution is -2.45. The number of hydrogen-bond donors (Lipinski definition) is 2. The Morgan fingerprint density at radius 2 is 2.00 bits per heavy atom. The number of esters is 1. The summed E-state index contributed by atoms with van der Waals surface area (Å²) in [5, 5.41) is 6.73. The van der Waals surface area contributed by atoms with Crippen LogP contribution in [0.15, 0.2) is 29.5 Å². The van der Waals surface area contributed by atoms with Gasteiger partial charge in [-0.05, 0) is 43.8 Å². The minimum absolute atomic E-state index is 0.300. The van der Waals surface area contributed by atoms with Crippen molar-refractivity contribution in [1.29, 1.82) is 0 Å². The second-order valence-electron chi connectivity index (χ2n) is 5.50. The number of nitrogens with one attached hydrogen (secondary N) is 2. The summed E-state index contributed by atoms with van der Waals surface area (Å²) in [6.07, 6.45) is 1.56. The number of allylic oxidation sites excluding steroid dienone is 1. The van der Waals surface area contributed by atoms with Gasteiger partial charge in [-0.15, -0.1) is 0 Å². The Hall–Kier alpha value is -2.28. The summed E-state index contributed by atoms with van der Waals surface area (Å²) in [6, 6.07) is 4.98. The third-order valence-electron chi connectivity index (χ3n) is 3.90. The average molecular weight is 364 g/mol. The number of methoxy groups -OCH3 is 2. The molecule has 1 atom stereocenters. The SMILES string of the molecule is CCCC1=C(C(=O)OCC)[C@@H](c2cc(OC)ccc2OC)NC(=S)N1. The van der Waals surface area contributed by atoms with Crippen LogP contribution in [0.5, 0.6) is 11.5 Å². The van der Waals surface area contributed by atoms with Crippen LogP contribution in [0.3, 0.4) is 0 Å². The van der Waals surface area contributed by atoms with Gasteiger partial charge in [-0.25, -0.2) is 4.79 Å². The van der Waals surface area contributed by atoms with Crippen LogP contribution < -0.4 is 20.1 Å². The minimum atomic E-state index is -0.473. The summed E-state index contributed by atoms with van der Waals surface area (Å²) < 4.78 is 16.1. The molecule has 0 aromatic heterocycles. The van der Waals surface area contributed by atoms with Gasteiger partial charge in [0.2, 0.25) is 0 Å². The van der Waals surface area contributed by atoms with Gasteiger partial charge in [-0.2, -0.15) is 0 Å². The fourth-order valence-corrected chi connectivity index (χ4v) is 3.05. The number of carbonyl (C=O) groups excluding carboxylic acids is 1. The van der Waals surface area contributed by atoms with Crippen LogP contribution in [0.4, 0.5) is 0 Å². The minimum Gasteiger partial charge on any atom is -0.497 e. The quantitative estimate of drug-likeness (QED) is 0.569. The van der Waals surface area contributed by atoms with Crippen molar-refractivity contribution in [1.82, 2.24) is 10.6 Å². The Kier molecular flexibility index (Phi) is 6.64. The molecule has 25 heavy (non-hydrogen) atoms. The van der Waals surface area contributed by atoms with Crippen molar-refractivity contribution >= 4 is 23.3 Å². The fraction of sp³-hybridized carbons (Fsp3) is 0.444. The molecule has 0 aliphatic carbocycles. The molecule has 1 aliphatic heterocycles. The first-order chi connectivity index (χ1) is 12.0. The molecule has 0 saturated heterocycles. The normalized spacial score (nSPS) is 16.8. The smallest absolute Gasteiger partial charge is 0.338 e. The third-order valence-corrected chi connectivity index (χ3v) is 4.12.